The van der Waals surface area contributed by atoms with E-state index in [0.29, 0.717) is 11.4 Å². The lowest BCUT2D eigenvalue weighted by Crippen LogP contribution is -2.19. The van der Waals surface area contributed by atoms with Crippen molar-refractivity contribution < 1.29 is 4.39 Å². The van der Waals surface area contributed by atoms with Gasteiger partial charge in [-0.15, -0.1) is 0 Å². The zero-order chi connectivity index (χ0) is 13.8. The van der Waals surface area contributed by atoms with E-state index in [1.54, 1.807) is 6.07 Å². The zero-order valence-corrected chi connectivity index (χ0v) is 11.4. The monoisotopic (exact) mass is 259 g/mol. The van der Waals surface area contributed by atoms with Crippen molar-refractivity contribution in [2.75, 3.05) is 6.54 Å². The standard InChI is InChI=1S/C15H18FN3/c1-4-17-10(2)14-9-18-15(19-11(14)3)12-6-5-7-13(16)8-12/h5-10,17H,4H2,1-3H3. The highest BCUT2D eigenvalue weighted by Gasteiger charge is 2.11. The van der Waals surface area contributed by atoms with Crippen LogP contribution < -0.4 is 5.32 Å². The second-order valence-electron chi connectivity index (χ2n) is 4.52. The summed E-state index contributed by atoms with van der Waals surface area (Å²) in [5.74, 6) is 0.285. The van der Waals surface area contributed by atoms with E-state index in [4.69, 9.17) is 0 Å². The van der Waals surface area contributed by atoms with Gasteiger partial charge in [0.2, 0.25) is 0 Å². The second-order valence-corrected chi connectivity index (χ2v) is 4.52. The Kier molecular flexibility index (Phi) is 4.22. The van der Waals surface area contributed by atoms with E-state index in [9.17, 15) is 4.39 Å². The minimum Gasteiger partial charge on any atom is -0.310 e. The largest absolute Gasteiger partial charge is 0.310 e. The summed E-state index contributed by atoms with van der Waals surface area (Å²) in [6.45, 7) is 6.99. The number of halogens is 1. The summed E-state index contributed by atoms with van der Waals surface area (Å²) >= 11 is 0. The van der Waals surface area contributed by atoms with Crippen LogP contribution in [-0.2, 0) is 0 Å². The number of aromatic nitrogens is 2. The summed E-state index contributed by atoms with van der Waals surface area (Å²) in [7, 11) is 0. The van der Waals surface area contributed by atoms with Crippen LogP contribution in [0.15, 0.2) is 30.5 Å². The predicted molar refractivity (Wildman–Crippen MR) is 74.3 cm³/mol. The molecule has 1 N–H and O–H groups in total. The van der Waals surface area contributed by atoms with E-state index in [2.05, 4.69) is 29.1 Å². The van der Waals surface area contributed by atoms with Crippen LogP contribution >= 0.6 is 0 Å². The molecule has 0 saturated heterocycles. The van der Waals surface area contributed by atoms with E-state index in [-0.39, 0.29) is 11.9 Å². The minimum atomic E-state index is -0.274. The summed E-state index contributed by atoms with van der Waals surface area (Å²) in [5, 5.41) is 3.33. The fourth-order valence-electron chi connectivity index (χ4n) is 2.08. The third-order valence-corrected chi connectivity index (χ3v) is 3.08. The van der Waals surface area contributed by atoms with Crippen molar-refractivity contribution in [3.05, 3.63) is 47.5 Å². The number of aryl methyl sites for hydroxylation is 1. The molecule has 3 nitrogen and oxygen atoms in total. The molecule has 1 aromatic heterocycles. The van der Waals surface area contributed by atoms with Crippen LogP contribution in [0.1, 0.15) is 31.1 Å². The molecule has 0 saturated carbocycles. The molecule has 4 heteroatoms. The summed E-state index contributed by atoms with van der Waals surface area (Å²) in [5.41, 5.74) is 2.69. The quantitative estimate of drug-likeness (QED) is 0.915. The first-order chi connectivity index (χ1) is 9.11. The summed E-state index contributed by atoms with van der Waals surface area (Å²) < 4.78 is 13.2. The van der Waals surface area contributed by atoms with Crippen LogP contribution in [0, 0.1) is 12.7 Å². The molecular weight excluding hydrogens is 241 g/mol. The molecule has 0 spiro atoms. The van der Waals surface area contributed by atoms with Crippen molar-refractivity contribution in [3.63, 3.8) is 0 Å². The van der Waals surface area contributed by atoms with Gasteiger partial charge in [-0.3, -0.25) is 0 Å². The highest BCUT2D eigenvalue weighted by molar-refractivity contribution is 5.55. The Morgan fingerprint density at radius 2 is 2.16 bits per heavy atom. The van der Waals surface area contributed by atoms with Gasteiger partial charge in [-0.05, 0) is 32.5 Å². The molecule has 1 aromatic carbocycles. The zero-order valence-electron chi connectivity index (χ0n) is 11.4. The maximum atomic E-state index is 13.2. The summed E-state index contributed by atoms with van der Waals surface area (Å²) in [6, 6.07) is 6.55. The van der Waals surface area contributed by atoms with Gasteiger partial charge in [0.1, 0.15) is 5.82 Å². The van der Waals surface area contributed by atoms with Crippen molar-refractivity contribution in [2.45, 2.75) is 26.8 Å². The molecule has 0 aliphatic carbocycles. The number of benzene rings is 1. The van der Waals surface area contributed by atoms with Gasteiger partial charge in [-0.1, -0.05) is 19.1 Å². The lowest BCUT2D eigenvalue weighted by atomic mass is 10.1. The number of rotatable bonds is 4. The molecular formula is C15H18FN3. The molecule has 2 rings (SSSR count). The Morgan fingerprint density at radius 3 is 2.79 bits per heavy atom. The number of hydrogen-bond acceptors (Lipinski definition) is 3. The van der Waals surface area contributed by atoms with Crippen LogP contribution in [0.3, 0.4) is 0 Å². The fourth-order valence-corrected chi connectivity index (χ4v) is 2.08. The van der Waals surface area contributed by atoms with Gasteiger partial charge in [-0.25, -0.2) is 14.4 Å². The molecule has 0 aliphatic rings. The molecule has 0 amide bonds. The van der Waals surface area contributed by atoms with Gasteiger partial charge in [-0.2, -0.15) is 0 Å². The molecule has 19 heavy (non-hydrogen) atoms. The minimum absolute atomic E-state index is 0.214. The van der Waals surface area contributed by atoms with Crippen LogP contribution in [0.25, 0.3) is 11.4 Å². The normalized spacial score (nSPS) is 12.4. The molecule has 0 radical (unpaired) electrons. The first-order valence-electron chi connectivity index (χ1n) is 6.44. The van der Waals surface area contributed by atoms with Gasteiger partial charge in [0.15, 0.2) is 5.82 Å². The van der Waals surface area contributed by atoms with E-state index in [1.807, 2.05) is 19.2 Å². The maximum absolute atomic E-state index is 13.2. The second kappa shape index (κ2) is 5.89. The van der Waals surface area contributed by atoms with Crippen molar-refractivity contribution in [2.24, 2.45) is 0 Å². The summed E-state index contributed by atoms with van der Waals surface area (Å²) in [4.78, 5) is 8.81. The van der Waals surface area contributed by atoms with Gasteiger partial charge < -0.3 is 5.32 Å². The third kappa shape index (κ3) is 3.15. The molecule has 100 valence electrons. The Hall–Kier alpha value is -1.81. The first-order valence-corrected chi connectivity index (χ1v) is 6.44. The molecule has 0 bridgehead atoms. The number of nitrogens with one attached hydrogen (secondary N) is 1. The molecule has 1 unspecified atom stereocenters. The van der Waals surface area contributed by atoms with E-state index in [0.717, 1.165) is 17.8 Å². The Morgan fingerprint density at radius 1 is 1.37 bits per heavy atom. The Labute approximate surface area is 112 Å². The van der Waals surface area contributed by atoms with Crippen LogP contribution in [-0.4, -0.2) is 16.5 Å². The third-order valence-electron chi connectivity index (χ3n) is 3.08. The van der Waals surface area contributed by atoms with Gasteiger partial charge in [0, 0.05) is 29.1 Å². The van der Waals surface area contributed by atoms with Crippen molar-refractivity contribution in [1.82, 2.24) is 15.3 Å². The maximum Gasteiger partial charge on any atom is 0.159 e. The Bertz CT molecular complexity index is 569. The average molecular weight is 259 g/mol. The van der Waals surface area contributed by atoms with Gasteiger partial charge in [0.25, 0.3) is 0 Å². The van der Waals surface area contributed by atoms with Crippen LogP contribution in [0.4, 0.5) is 4.39 Å². The average Bonchev–Trinajstić information content (AvgIpc) is 2.38. The van der Waals surface area contributed by atoms with Gasteiger partial charge in [0.05, 0.1) is 0 Å². The molecule has 0 fully saturated rings. The molecule has 0 aliphatic heterocycles. The summed E-state index contributed by atoms with van der Waals surface area (Å²) in [6.07, 6.45) is 1.82. The first kappa shape index (κ1) is 13.6. The van der Waals surface area contributed by atoms with Crippen LogP contribution in [0.5, 0.6) is 0 Å². The van der Waals surface area contributed by atoms with E-state index >= 15 is 0 Å². The highest BCUT2D eigenvalue weighted by atomic mass is 19.1. The predicted octanol–water partition coefficient (Wildman–Crippen LogP) is 3.26. The van der Waals surface area contributed by atoms with E-state index < -0.39 is 0 Å². The fraction of sp³-hybridized carbons (Fsp3) is 0.333. The van der Waals surface area contributed by atoms with Crippen LogP contribution in [0.2, 0.25) is 0 Å². The lowest BCUT2D eigenvalue weighted by molar-refractivity contribution is 0.590. The molecule has 1 atom stereocenters. The Balaban J connectivity index is 2.33. The van der Waals surface area contributed by atoms with Gasteiger partial charge >= 0.3 is 0 Å². The van der Waals surface area contributed by atoms with Crippen molar-refractivity contribution in [1.29, 1.82) is 0 Å². The van der Waals surface area contributed by atoms with Crippen molar-refractivity contribution in [3.8, 4) is 11.4 Å². The molecule has 1 heterocycles. The van der Waals surface area contributed by atoms with Crippen molar-refractivity contribution >= 4 is 0 Å². The highest BCUT2D eigenvalue weighted by Crippen LogP contribution is 2.20. The smallest absolute Gasteiger partial charge is 0.159 e. The topological polar surface area (TPSA) is 37.8 Å². The number of hydrogen-bond donors (Lipinski definition) is 1. The molecule has 2 aromatic rings. The van der Waals surface area contributed by atoms with E-state index in [1.165, 1.54) is 12.1 Å². The lowest BCUT2D eigenvalue weighted by Gasteiger charge is -2.15. The SMILES string of the molecule is CCNC(C)c1cnc(-c2cccc(F)c2)nc1C. The number of nitrogens with zero attached hydrogens (tertiary/aromatic N) is 2.